The molecule has 1 aliphatic carbocycles. The van der Waals surface area contributed by atoms with Crippen LogP contribution in [0.15, 0.2) is 91.0 Å². The fraction of sp³-hybridized carbons (Fsp3) is 0.345. The van der Waals surface area contributed by atoms with Crippen molar-refractivity contribution in [1.29, 1.82) is 5.41 Å². The summed E-state index contributed by atoms with van der Waals surface area (Å²) in [5.41, 5.74) is 4.41. The van der Waals surface area contributed by atoms with Crippen LogP contribution in [0.3, 0.4) is 0 Å². The maximum atomic E-state index is 8.35. The molecule has 2 heteroatoms. The minimum Gasteiger partial charge on any atom is -0.222 e. The molecule has 3 aromatic carbocycles. The molecule has 160 valence electrons. The first-order chi connectivity index (χ1) is 15.0. The quantitative estimate of drug-likeness (QED) is 0.355. The predicted molar refractivity (Wildman–Crippen MR) is 128 cm³/mol. The van der Waals surface area contributed by atoms with Gasteiger partial charge in [-0.2, -0.15) is 0 Å². The largest absolute Gasteiger partial charge is 0.231 e. The molecule has 31 heavy (non-hydrogen) atoms. The van der Waals surface area contributed by atoms with Gasteiger partial charge in [0.2, 0.25) is 6.08 Å². The molecule has 0 amide bonds. The van der Waals surface area contributed by atoms with Crippen molar-refractivity contribution in [3.63, 3.8) is 0 Å². The Morgan fingerprint density at radius 3 is 1.58 bits per heavy atom. The van der Waals surface area contributed by atoms with Gasteiger partial charge in [-0.25, -0.2) is 10.2 Å². The summed E-state index contributed by atoms with van der Waals surface area (Å²) < 4.78 is 0. The second-order valence-electron chi connectivity index (χ2n) is 9.18. The summed E-state index contributed by atoms with van der Waals surface area (Å²) in [6, 6.07) is 33.8. The number of benzene rings is 3. The molecule has 4 rings (SSSR count). The molecular weight excluding hydrogens is 378 g/mol. The van der Waals surface area contributed by atoms with Crippen molar-refractivity contribution in [3.05, 3.63) is 108 Å². The molecule has 0 radical (unpaired) electrons. The maximum Gasteiger partial charge on any atom is 0.231 e. The van der Waals surface area contributed by atoms with Crippen LogP contribution in [0.1, 0.15) is 56.7 Å². The number of hydrogen-bond acceptors (Lipinski definition) is 2. The van der Waals surface area contributed by atoms with Crippen LogP contribution < -0.4 is 0 Å². The van der Waals surface area contributed by atoms with E-state index in [4.69, 9.17) is 10.2 Å². The molecule has 2 nitrogen and oxygen atoms in total. The van der Waals surface area contributed by atoms with Crippen LogP contribution in [-0.4, -0.2) is 6.08 Å². The van der Waals surface area contributed by atoms with Crippen molar-refractivity contribution in [2.24, 2.45) is 11.8 Å². The van der Waals surface area contributed by atoms with Gasteiger partial charge in [0.1, 0.15) is 0 Å². The fourth-order valence-corrected chi connectivity index (χ4v) is 5.66. The van der Waals surface area contributed by atoms with Gasteiger partial charge in [-0.15, -0.1) is 0 Å². The van der Waals surface area contributed by atoms with E-state index in [9.17, 15) is 0 Å². The third-order valence-corrected chi connectivity index (χ3v) is 7.41. The van der Waals surface area contributed by atoms with Gasteiger partial charge >= 0.3 is 0 Å². The Labute approximate surface area is 186 Å². The topological polar surface area (TPSA) is 40.9 Å². The molecule has 0 aliphatic heterocycles. The molecule has 0 bridgehead atoms. The molecule has 0 spiro atoms. The number of nitrogens with one attached hydrogen (secondary N) is 1. The van der Waals surface area contributed by atoms with E-state index in [0.29, 0.717) is 5.92 Å². The lowest BCUT2D eigenvalue weighted by Gasteiger charge is -2.56. The Bertz CT molecular complexity index is 936. The molecule has 3 aromatic rings. The normalized spacial score (nSPS) is 22.1. The zero-order valence-electron chi connectivity index (χ0n) is 18.8. The van der Waals surface area contributed by atoms with Crippen LogP contribution in [-0.2, 0) is 15.6 Å². The fourth-order valence-electron chi connectivity index (χ4n) is 5.66. The minimum absolute atomic E-state index is 0.0237. The van der Waals surface area contributed by atoms with E-state index in [-0.39, 0.29) is 10.8 Å². The molecular formula is C29H33NO. The first kappa shape index (κ1) is 22.7. The minimum atomic E-state index is -0.0237. The van der Waals surface area contributed by atoms with Gasteiger partial charge < -0.3 is 0 Å². The average Bonchev–Trinajstić information content (AvgIpc) is 2.81. The van der Waals surface area contributed by atoms with E-state index >= 15 is 0 Å². The highest BCUT2D eigenvalue weighted by Gasteiger charge is 2.54. The highest BCUT2D eigenvalue weighted by atomic mass is 16.1. The Morgan fingerprint density at radius 2 is 1.19 bits per heavy atom. The lowest BCUT2D eigenvalue weighted by Crippen LogP contribution is -2.53. The summed E-state index contributed by atoms with van der Waals surface area (Å²) in [7, 11) is 0. The van der Waals surface area contributed by atoms with Gasteiger partial charge in [0, 0.05) is 10.8 Å². The van der Waals surface area contributed by atoms with Crippen LogP contribution in [0, 0.1) is 17.2 Å². The van der Waals surface area contributed by atoms with Crippen molar-refractivity contribution in [2.75, 3.05) is 0 Å². The molecule has 2 atom stereocenters. The predicted octanol–water partition coefficient (Wildman–Crippen LogP) is 7.29. The van der Waals surface area contributed by atoms with Gasteiger partial charge in [0.15, 0.2) is 0 Å². The van der Waals surface area contributed by atoms with E-state index in [0.717, 1.165) is 12.0 Å². The average molecular weight is 412 g/mol. The Balaban J connectivity index is 0.000000858. The summed E-state index contributed by atoms with van der Waals surface area (Å²) >= 11 is 0. The van der Waals surface area contributed by atoms with Crippen LogP contribution in [0.5, 0.6) is 0 Å². The Kier molecular flexibility index (Phi) is 7.25. The van der Waals surface area contributed by atoms with E-state index in [1.807, 2.05) is 0 Å². The molecule has 2 unspecified atom stereocenters. The number of hydrogen-bond donors (Lipinski definition) is 1. The maximum absolute atomic E-state index is 8.35. The highest BCUT2D eigenvalue weighted by molar-refractivity contribution is 5.49. The molecule has 1 fully saturated rings. The lowest BCUT2D eigenvalue weighted by atomic mass is 9.47. The standard InChI is InChI=1S/C28H32.CHNO/c1-22(2)23-19-20-27(3,24-13-7-4-8-14-24)28(21-23,25-15-9-5-10-16-25)26-17-11-6-12-18-26;2-1-3/h4-18,22-23H,19-21H2,1-3H3;2H. The van der Waals surface area contributed by atoms with Gasteiger partial charge in [-0.05, 0) is 47.8 Å². The molecule has 1 aliphatic rings. The lowest BCUT2D eigenvalue weighted by molar-refractivity contribution is 0.117. The Hall–Kier alpha value is -2.96. The van der Waals surface area contributed by atoms with Crippen LogP contribution in [0.2, 0.25) is 0 Å². The third kappa shape index (κ3) is 4.27. The van der Waals surface area contributed by atoms with Gasteiger partial charge in [0.05, 0.1) is 0 Å². The summed E-state index contributed by atoms with van der Waals surface area (Å²) in [6.07, 6.45) is 4.46. The van der Waals surface area contributed by atoms with Crippen molar-refractivity contribution < 1.29 is 4.79 Å². The van der Waals surface area contributed by atoms with Crippen molar-refractivity contribution >= 4 is 6.08 Å². The van der Waals surface area contributed by atoms with Crippen molar-refractivity contribution in [3.8, 4) is 0 Å². The molecule has 0 saturated heterocycles. The monoisotopic (exact) mass is 411 g/mol. The van der Waals surface area contributed by atoms with Crippen LogP contribution in [0.25, 0.3) is 0 Å². The SMILES string of the molecule is CC(C)C1CCC(C)(c2ccccc2)C(c2ccccc2)(c2ccccc2)C1.N=C=O. The van der Waals surface area contributed by atoms with Crippen molar-refractivity contribution in [1.82, 2.24) is 0 Å². The van der Waals surface area contributed by atoms with Crippen molar-refractivity contribution in [2.45, 2.75) is 50.9 Å². The van der Waals surface area contributed by atoms with Gasteiger partial charge in [0.25, 0.3) is 0 Å². The number of isocyanates is 1. The van der Waals surface area contributed by atoms with E-state index < -0.39 is 0 Å². The van der Waals surface area contributed by atoms with E-state index in [1.54, 1.807) is 0 Å². The van der Waals surface area contributed by atoms with E-state index in [1.165, 1.54) is 36.0 Å². The second-order valence-corrected chi connectivity index (χ2v) is 9.18. The molecule has 1 saturated carbocycles. The summed E-state index contributed by atoms with van der Waals surface area (Å²) in [6.45, 7) is 7.31. The summed E-state index contributed by atoms with van der Waals surface area (Å²) in [5, 5.41) is 5.40. The van der Waals surface area contributed by atoms with Crippen LogP contribution in [0.4, 0.5) is 0 Å². The highest BCUT2D eigenvalue weighted by Crippen LogP contribution is 2.59. The molecule has 1 N–H and O–H groups in total. The number of rotatable bonds is 4. The van der Waals surface area contributed by atoms with Gasteiger partial charge in [-0.1, -0.05) is 112 Å². The summed E-state index contributed by atoms with van der Waals surface area (Å²) in [4.78, 5) is 8.35. The first-order valence-corrected chi connectivity index (χ1v) is 11.2. The smallest absolute Gasteiger partial charge is 0.222 e. The first-order valence-electron chi connectivity index (χ1n) is 11.2. The zero-order valence-corrected chi connectivity index (χ0v) is 18.8. The third-order valence-electron chi connectivity index (χ3n) is 7.41. The van der Waals surface area contributed by atoms with Gasteiger partial charge in [-0.3, -0.25) is 0 Å². The van der Waals surface area contributed by atoms with Crippen LogP contribution >= 0.6 is 0 Å². The van der Waals surface area contributed by atoms with E-state index in [2.05, 4.69) is 112 Å². The second kappa shape index (κ2) is 9.90. The zero-order chi connectivity index (χ0) is 22.3. The molecule has 0 heterocycles. The number of carbonyl (C=O) groups excluding carboxylic acids is 1. The Morgan fingerprint density at radius 1 is 0.806 bits per heavy atom. The molecule has 0 aromatic heterocycles. The summed E-state index contributed by atoms with van der Waals surface area (Å²) in [5.74, 6) is 1.43.